The SMILES string of the molecule is COc1ccc(NS(=O)(=O)c2ccc(-n3c(O)c4c(c3O)[C@@H]3C=CC4C3)cc2)cc1. The summed E-state index contributed by atoms with van der Waals surface area (Å²) in [6.07, 6.45) is 4.98. The van der Waals surface area contributed by atoms with Crippen LogP contribution in [0.25, 0.3) is 5.69 Å². The quantitative estimate of drug-likeness (QED) is 0.541. The second-order valence-electron chi connectivity index (χ2n) is 7.47. The molecule has 0 spiro atoms. The zero-order chi connectivity index (χ0) is 21.0. The van der Waals surface area contributed by atoms with Crippen LogP contribution in [0.5, 0.6) is 17.5 Å². The van der Waals surface area contributed by atoms with E-state index in [4.69, 9.17) is 4.74 Å². The highest BCUT2D eigenvalue weighted by Crippen LogP contribution is 2.57. The third kappa shape index (κ3) is 2.75. The zero-order valence-corrected chi connectivity index (χ0v) is 16.9. The van der Waals surface area contributed by atoms with Crippen LogP contribution in [0, 0.1) is 0 Å². The van der Waals surface area contributed by atoms with Crippen LogP contribution in [-0.4, -0.2) is 30.3 Å². The molecule has 0 saturated carbocycles. The van der Waals surface area contributed by atoms with E-state index in [0.29, 0.717) is 17.1 Å². The van der Waals surface area contributed by atoms with Gasteiger partial charge >= 0.3 is 0 Å². The Hall–Kier alpha value is -3.39. The minimum absolute atomic E-state index is 0.00585. The van der Waals surface area contributed by atoms with Crippen molar-refractivity contribution in [1.29, 1.82) is 0 Å². The fourth-order valence-corrected chi connectivity index (χ4v) is 5.39. The van der Waals surface area contributed by atoms with Crippen molar-refractivity contribution in [2.45, 2.75) is 23.2 Å². The number of aromatic hydroxyl groups is 2. The molecule has 0 fully saturated rings. The first kappa shape index (κ1) is 18.6. The van der Waals surface area contributed by atoms with Gasteiger partial charge in [-0.2, -0.15) is 0 Å². The van der Waals surface area contributed by atoms with Crippen LogP contribution in [0.15, 0.2) is 65.6 Å². The largest absolute Gasteiger partial charge is 0.497 e. The molecule has 7 nitrogen and oxygen atoms in total. The van der Waals surface area contributed by atoms with Gasteiger partial charge in [0.2, 0.25) is 11.8 Å². The molecule has 154 valence electrons. The summed E-state index contributed by atoms with van der Waals surface area (Å²) in [5.74, 6) is 0.873. The molecule has 2 aliphatic carbocycles. The van der Waals surface area contributed by atoms with Gasteiger partial charge in [0.05, 0.1) is 17.7 Å². The van der Waals surface area contributed by atoms with E-state index in [1.807, 2.05) is 0 Å². The number of hydrogen-bond donors (Lipinski definition) is 3. The van der Waals surface area contributed by atoms with Crippen molar-refractivity contribution in [3.63, 3.8) is 0 Å². The number of rotatable bonds is 5. The topological polar surface area (TPSA) is 101 Å². The molecule has 5 rings (SSSR count). The van der Waals surface area contributed by atoms with Crippen molar-refractivity contribution in [1.82, 2.24) is 4.57 Å². The number of anilines is 1. The highest BCUT2D eigenvalue weighted by molar-refractivity contribution is 7.92. The van der Waals surface area contributed by atoms with Gasteiger partial charge in [-0.25, -0.2) is 8.42 Å². The van der Waals surface area contributed by atoms with E-state index in [1.165, 1.54) is 23.8 Å². The number of ether oxygens (including phenoxy) is 1. The van der Waals surface area contributed by atoms with Gasteiger partial charge in [-0.3, -0.25) is 9.29 Å². The molecule has 2 aromatic carbocycles. The maximum absolute atomic E-state index is 12.7. The van der Waals surface area contributed by atoms with Gasteiger partial charge in [-0.15, -0.1) is 0 Å². The van der Waals surface area contributed by atoms with Crippen molar-refractivity contribution in [2.24, 2.45) is 0 Å². The number of hydrogen-bond acceptors (Lipinski definition) is 5. The molecule has 30 heavy (non-hydrogen) atoms. The van der Waals surface area contributed by atoms with Gasteiger partial charge in [0, 0.05) is 28.7 Å². The Morgan fingerprint density at radius 3 is 2.03 bits per heavy atom. The molecule has 0 radical (unpaired) electrons. The summed E-state index contributed by atoms with van der Waals surface area (Å²) < 4.78 is 34.3. The molecule has 1 heterocycles. The van der Waals surface area contributed by atoms with Crippen LogP contribution in [0.4, 0.5) is 5.69 Å². The van der Waals surface area contributed by atoms with Crippen LogP contribution in [0.1, 0.15) is 29.4 Å². The summed E-state index contributed by atoms with van der Waals surface area (Å²) in [5, 5.41) is 21.4. The number of fused-ring (bicyclic) bond motifs is 5. The second kappa shape index (κ2) is 6.56. The standard InChI is InChI=1S/C22H20N2O5S/c1-29-17-8-4-15(5-9-17)23-30(27,28)18-10-6-16(7-11-18)24-21(25)19-13-2-3-14(12-13)20(19)22(24)26/h2-11,13-14,23,25-26H,12H2,1H3/t13-,14?/m1/s1. The van der Waals surface area contributed by atoms with Gasteiger partial charge in [-0.05, 0) is 55.0 Å². The second-order valence-corrected chi connectivity index (χ2v) is 9.15. The third-order valence-electron chi connectivity index (χ3n) is 5.77. The summed E-state index contributed by atoms with van der Waals surface area (Å²) in [6, 6.07) is 12.6. The van der Waals surface area contributed by atoms with Crippen molar-refractivity contribution < 1.29 is 23.4 Å². The molecule has 2 atom stereocenters. The lowest BCUT2D eigenvalue weighted by Crippen LogP contribution is -2.13. The van der Waals surface area contributed by atoms with Crippen LogP contribution in [0.2, 0.25) is 0 Å². The molecule has 2 aliphatic rings. The monoisotopic (exact) mass is 424 g/mol. The molecule has 3 N–H and O–H groups in total. The molecular formula is C22H20N2O5S. The summed E-state index contributed by atoms with van der Waals surface area (Å²) in [7, 11) is -2.25. The molecule has 0 amide bonds. The fraction of sp³-hybridized carbons (Fsp3) is 0.182. The first-order chi connectivity index (χ1) is 14.4. The molecule has 0 saturated heterocycles. The normalized spacial score (nSPS) is 19.1. The van der Waals surface area contributed by atoms with Crippen LogP contribution < -0.4 is 9.46 Å². The van der Waals surface area contributed by atoms with Crippen LogP contribution in [-0.2, 0) is 10.0 Å². The van der Waals surface area contributed by atoms with E-state index in [1.54, 1.807) is 36.4 Å². The Morgan fingerprint density at radius 2 is 1.50 bits per heavy atom. The van der Waals surface area contributed by atoms with Gasteiger partial charge in [0.25, 0.3) is 10.0 Å². The molecule has 2 bridgehead atoms. The Bertz CT molecular complexity index is 1220. The van der Waals surface area contributed by atoms with Crippen molar-refractivity contribution >= 4 is 15.7 Å². The molecule has 1 unspecified atom stereocenters. The predicted molar refractivity (Wildman–Crippen MR) is 112 cm³/mol. The minimum atomic E-state index is -3.79. The van der Waals surface area contributed by atoms with Crippen molar-refractivity contribution in [3.05, 3.63) is 71.8 Å². The first-order valence-corrected chi connectivity index (χ1v) is 11.0. The minimum Gasteiger partial charge on any atom is -0.497 e. The molecule has 1 aromatic heterocycles. The third-order valence-corrected chi connectivity index (χ3v) is 7.17. The number of methoxy groups -OCH3 is 1. The van der Waals surface area contributed by atoms with E-state index in [0.717, 1.165) is 17.5 Å². The highest BCUT2D eigenvalue weighted by atomic mass is 32.2. The smallest absolute Gasteiger partial charge is 0.261 e. The highest BCUT2D eigenvalue weighted by Gasteiger charge is 2.41. The first-order valence-electron chi connectivity index (χ1n) is 9.51. The maximum Gasteiger partial charge on any atom is 0.261 e. The molecular weight excluding hydrogens is 404 g/mol. The number of allylic oxidation sites excluding steroid dienone is 2. The van der Waals surface area contributed by atoms with E-state index >= 15 is 0 Å². The Balaban J connectivity index is 1.44. The van der Waals surface area contributed by atoms with E-state index in [9.17, 15) is 18.6 Å². The van der Waals surface area contributed by atoms with Crippen LogP contribution in [0.3, 0.4) is 0 Å². The average molecular weight is 424 g/mol. The maximum atomic E-state index is 12.7. The number of aromatic nitrogens is 1. The number of benzene rings is 2. The van der Waals surface area contributed by atoms with Gasteiger partial charge in [0.1, 0.15) is 5.75 Å². The number of nitrogens with zero attached hydrogens (tertiary/aromatic N) is 1. The lowest BCUT2D eigenvalue weighted by molar-refractivity contribution is 0.395. The predicted octanol–water partition coefficient (Wildman–Crippen LogP) is 3.84. The van der Waals surface area contributed by atoms with Gasteiger partial charge in [0.15, 0.2) is 0 Å². The van der Waals surface area contributed by atoms with Crippen molar-refractivity contribution in [3.8, 4) is 23.2 Å². The zero-order valence-electron chi connectivity index (χ0n) is 16.1. The van der Waals surface area contributed by atoms with Gasteiger partial charge in [-0.1, -0.05) is 12.2 Å². The van der Waals surface area contributed by atoms with Crippen LogP contribution >= 0.6 is 0 Å². The van der Waals surface area contributed by atoms with Gasteiger partial charge < -0.3 is 14.9 Å². The average Bonchev–Trinajstić information content (AvgIpc) is 3.42. The fourth-order valence-electron chi connectivity index (χ4n) is 4.33. The Kier molecular flexibility index (Phi) is 4.08. The van der Waals surface area contributed by atoms with Crippen molar-refractivity contribution in [2.75, 3.05) is 11.8 Å². The lowest BCUT2D eigenvalue weighted by Gasteiger charge is -2.12. The lowest BCUT2D eigenvalue weighted by atomic mass is 10.0. The Morgan fingerprint density at radius 1 is 0.933 bits per heavy atom. The van der Waals surface area contributed by atoms with E-state index in [2.05, 4.69) is 16.9 Å². The summed E-state index contributed by atoms with van der Waals surface area (Å²) in [4.78, 5) is 0.0717. The molecule has 0 aliphatic heterocycles. The Labute approximate surface area is 173 Å². The summed E-state index contributed by atoms with van der Waals surface area (Å²) in [5.41, 5.74) is 2.43. The molecule has 8 heteroatoms. The summed E-state index contributed by atoms with van der Waals surface area (Å²) in [6.45, 7) is 0. The number of nitrogens with one attached hydrogen (secondary N) is 1. The molecule has 3 aromatic rings. The van der Waals surface area contributed by atoms with E-state index in [-0.39, 0.29) is 28.5 Å². The number of sulfonamides is 1. The van der Waals surface area contributed by atoms with E-state index < -0.39 is 10.0 Å². The summed E-state index contributed by atoms with van der Waals surface area (Å²) >= 11 is 0.